The van der Waals surface area contributed by atoms with Crippen molar-refractivity contribution >= 4 is 52.1 Å². The van der Waals surface area contributed by atoms with Crippen molar-refractivity contribution in [2.24, 2.45) is 11.8 Å². The second-order valence-corrected chi connectivity index (χ2v) is 12.1. The zero-order valence-corrected chi connectivity index (χ0v) is 23.3. The van der Waals surface area contributed by atoms with Gasteiger partial charge >= 0.3 is 5.97 Å². The van der Waals surface area contributed by atoms with Crippen LogP contribution < -0.4 is 0 Å². The number of carbonyl (C=O) groups excluding carboxylic acids is 1. The molecule has 0 amide bonds. The lowest BCUT2D eigenvalue weighted by molar-refractivity contribution is -0.0925. The number of aryl methyl sites for hydroxylation is 2. The molecule has 0 bridgehead atoms. The zero-order valence-electron chi connectivity index (χ0n) is 20.2. The van der Waals surface area contributed by atoms with Gasteiger partial charge in [0.1, 0.15) is 29.8 Å². The smallest absolute Gasteiger partial charge is 0.348 e. The SMILES string of the molecule is O=C(OC[C@H](O)[C@@H](O)[C@H](O)CO)c1ccc(CCC[C@@H]2[C@@H](CCc3cc(Cl)cc(Cl)c3)[C@H](O)C[C@H]2Cl)s1. The van der Waals surface area contributed by atoms with Crippen molar-refractivity contribution in [1.29, 1.82) is 0 Å². The Morgan fingerprint density at radius 3 is 2.41 bits per heavy atom. The molecule has 5 N–H and O–H groups in total. The van der Waals surface area contributed by atoms with Crippen LogP contribution in [-0.2, 0) is 17.6 Å². The summed E-state index contributed by atoms with van der Waals surface area (Å²) >= 11 is 20.1. The number of thiophene rings is 1. The van der Waals surface area contributed by atoms with Crippen LogP contribution in [0.3, 0.4) is 0 Å². The highest BCUT2D eigenvalue weighted by Crippen LogP contribution is 2.42. The van der Waals surface area contributed by atoms with Crippen LogP contribution in [0.4, 0.5) is 0 Å². The molecule has 3 rings (SSSR count). The van der Waals surface area contributed by atoms with Gasteiger partial charge in [0.2, 0.25) is 0 Å². The molecule has 0 unspecified atom stereocenters. The highest BCUT2D eigenvalue weighted by atomic mass is 35.5. The molecule has 11 heteroatoms. The maximum atomic E-state index is 12.3. The molecule has 0 spiro atoms. The van der Waals surface area contributed by atoms with Crippen molar-refractivity contribution in [3.05, 3.63) is 55.7 Å². The van der Waals surface area contributed by atoms with Crippen LogP contribution in [-0.4, -0.2) is 74.5 Å². The van der Waals surface area contributed by atoms with Gasteiger partial charge in [-0.25, -0.2) is 4.79 Å². The summed E-state index contributed by atoms with van der Waals surface area (Å²) < 4.78 is 5.03. The van der Waals surface area contributed by atoms with Crippen molar-refractivity contribution in [3.8, 4) is 0 Å². The standard InChI is InChI=1S/C26H33Cl3O7S/c27-15-8-14(9-16(28)10-15)4-6-19-18(20(29)11-21(19)31)3-1-2-17-5-7-24(37-17)26(35)36-13-23(33)25(34)22(32)12-30/h5,7-10,18-23,25,30-34H,1-4,6,11-13H2/t18-,19-,20-,21-,22-,23+,25+/m1/s1. The second-order valence-electron chi connectivity index (χ2n) is 9.53. The largest absolute Gasteiger partial charge is 0.459 e. The van der Waals surface area contributed by atoms with Gasteiger partial charge in [-0.2, -0.15) is 0 Å². The summed E-state index contributed by atoms with van der Waals surface area (Å²) in [6, 6.07) is 8.98. The molecule has 1 fully saturated rings. The molecule has 1 aromatic heterocycles. The van der Waals surface area contributed by atoms with Crippen LogP contribution in [0.2, 0.25) is 10.0 Å². The summed E-state index contributed by atoms with van der Waals surface area (Å²) in [5.41, 5.74) is 1.03. The number of rotatable bonds is 13. The molecule has 1 aliphatic rings. The molecule has 0 aliphatic heterocycles. The molecule has 1 aliphatic carbocycles. The third-order valence-electron chi connectivity index (χ3n) is 6.85. The van der Waals surface area contributed by atoms with Crippen molar-refractivity contribution in [2.75, 3.05) is 13.2 Å². The Morgan fingerprint density at radius 2 is 1.73 bits per heavy atom. The van der Waals surface area contributed by atoms with E-state index in [2.05, 4.69) is 0 Å². The average molecular weight is 596 g/mol. The third kappa shape index (κ3) is 8.78. The second kappa shape index (κ2) is 14.4. The van der Waals surface area contributed by atoms with E-state index < -0.39 is 43.6 Å². The normalized spacial score (nSPS) is 24.1. The molecule has 1 aromatic carbocycles. The van der Waals surface area contributed by atoms with E-state index >= 15 is 0 Å². The lowest BCUT2D eigenvalue weighted by atomic mass is 9.85. The fourth-order valence-electron chi connectivity index (χ4n) is 4.85. The number of aliphatic hydroxyl groups is 5. The fourth-order valence-corrected chi connectivity index (χ4v) is 6.86. The van der Waals surface area contributed by atoms with Crippen LogP contribution in [0, 0.1) is 11.8 Å². The summed E-state index contributed by atoms with van der Waals surface area (Å²) in [5.74, 6) is -0.375. The minimum absolute atomic E-state index is 0.0836. The first-order valence-corrected chi connectivity index (χ1v) is 14.3. The Balaban J connectivity index is 1.47. The van der Waals surface area contributed by atoms with Gasteiger partial charge in [-0.15, -0.1) is 22.9 Å². The third-order valence-corrected chi connectivity index (χ3v) is 8.91. The Kier molecular flexibility index (Phi) is 11.9. The van der Waals surface area contributed by atoms with Gasteiger partial charge in [0.05, 0.1) is 12.7 Å². The molecule has 0 radical (unpaired) electrons. The molecule has 7 atom stereocenters. The maximum absolute atomic E-state index is 12.3. The fraction of sp³-hybridized carbons (Fsp3) is 0.577. The first-order chi connectivity index (χ1) is 17.6. The van der Waals surface area contributed by atoms with Crippen molar-refractivity contribution in [2.45, 2.75) is 68.3 Å². The van der Waals surface area contributed by atoms with E-state index in [1.54, 1.807) is 12.1 Å². The monoisotopic (exact) mass is 594 g/mol. The molecule has 2 aromatic rings. The molecule has 1 saturated carbocycles. The van der Waals surface area contributed by atoms with Crippen LogP contribution in [0.1, 0.15) is 45.8 Å². The number of esters is 1. The quantitative estimate of drug-likeness (QED) is 0.176. The maximum Gasteiger partial charge on any atom is 0.348 e. The van der Waals surface area contributed by atoms with Crippen LogP contribution in [0.15, 0.2) is 30.3 Å². The van der Waals surface area contributed by atoms with Gasteiger partial charge in [-0.1, -0.05) is 23.2 Å². The minimum Gasteiger partial charge on any atom is -0.459 e. The Morgan fingerprint density at radius 1 is 1.03 bits per heavy atom. The number of alkyl halides is 1. The summed E-state index contributed by atoms with van der Waals surface area (Å²) in [5, 5.41) is 49.3. The number of carbonyl (C=O) groups is 1. The van der Waals surface area contributed by atoms with E-state index in [0.717, 1.165) is 42.5 Å². The van der Waals surface area contributed by atoms with Crippen molar-refractivity contribution in [1.82, 2.24) is 0 Å². The predicted molar refractivity (Wildman–Crippen MR) is 145 cm³/mol. The summed E-state index contributed by atoms with van der Waals surface area (Å²) in [6.07, 6.45) is -0.557. The molecule has 7 nitrogen and oxygen atoms in total. The van der Waals surface area contributed by atoms with E-state index in [-0.39, 0.29) is 17.2 Å². The van der Waals surface area contributed by atoms with Crippen LogP contribution in [0.25, 0.3) is 0 Å². The van der Waals surface area contributed by atoms with Gasteiger partial charge in [0, 0.05) is 20.3 Å². The average Bonchev–Trinajstić information content (AvgIpc) is 3.43. The van der Waals surface area contributed by atoms with E-state index in [1.165, 1.54) is 11.3 Å². The first-order valence-electron chi connectivity index (χ1n) is 12.3. The lowest BCUT2D eigenvalue weighted by Gasteiger charge is -2.23. The summed E-state index contributed by atoms with van der Waals surface area (Å²) in [6.45, 7) is -1.23. The molecule has 1 heterocycles. The lowest BCUT2D eigenvalue weighted by Crippen LogP contribution is -2.42. The van der Waals surface area contributed by atoms with Crippen LogP contribution in [0.5, 0.6) is 0 Å². The summed E-state index contributed by atoms with van der Waals surface area (Å²) in [4.78, 5) is 13.6. The van der Waals surface area contributed by atoms with Gasteiger partial charge in [0.15, 0.2) is 0 Å². The summed E-state index contributed by atoms with van der Waals surface area (Å²) in [7, 11) is 0. The molecular weight excluding hydrogens is 563 g/mol. The first kappa shape index (κ1) is 30.6. The minimum atomic E-state index is -1.62. The number of hydrogen-bond acceptors (Lipinski definition) is 8. The highest BCUT2D eigenvalue weighted by Gasteiger charge is 2.40. The Hall–Kier alpha value is -0.940. The van der Waals surface area contributed by atoms with Crippen molar-refractivity contribution < 1.29 is 35.1 Å². The molecular formula is C26H33Cl3O7S. The van der Waals surface area contributed by atoms with Gasteiger partial charge in [-0.05, 0) is 86.3 Å². The topological polar surface area (TPSA) is 127 Å². The number of halogens is 3. The van der Waals surface area contributed by atoms with E-state index in [1.807, 2.05) is 18.2 Å². The highest BCUT2D eigenvalue weighted by molar-refractivity contribution is 7.13. The zero-order chi connectivity index (χ0) is 27.1. The van der Waals surface area contributed by atoms with Crippen molar-refractivity contribution in [3.63, 3.8) is 0 Å². The number of benzene rings is 1. The van der Waals surface area contributed by atoms with Gasteiger partial charge in [-0.3, -0.25) is 0 Å². The molecule has 0 saturated heterocycles. The van der Waals surface area contributed by atoms with E-state index in [4.69, 9.17) is 44.6 Å². The van der Waals surface area contributed by atoms with Crippen LogP contribution >= 0.6 is 46.1 Å². The van der Waals surface area contributed by atoms with Gasteiger partial charge in [0.25, 0.3) is 0 Å². The van der Waals surface area contributed by atoms with E-state index in [9.17, 15) is 25.2 Å². The number of aliphatic hydroxyl groups excluding tert-OH is 5. The molecule has 206 valence electrons. The number of ether oxygens (including phenoxy) is 1. The molecule has 37 heavy (non-hydrogen) atoms. The number of hydrogen-bond donors (Lipinski definition) is 5. The Bertz CT molecular complexity index is 1000. The van der Waals surface area contributed by atoms with E-state index in [0.29, 0.717) is 21.3 Å². The Labute approximate surface area is 235 Å². The van der Waals surface area contributed by atoms with Gasteiger partial charge < -0.3 is 30.3 Å². The predicted octanol–water partition coefficient (Wildman–Crippen LogP) is 3.85.